The van der Waals surface area contributed by atoms with Gasteiger partial charge in [0, 0.05) is 12.8 Å². The van der Waals surface area contributed by atoms with Crippen LogP contribution in [-0.4, -0.2) is 40.2 Å². The molecule has 0 spiro atoms. The van der Waals surface area contributed by atoms with E-state index in [4.69, 9.17) is 14.5 Å². The molecular weight excluding hydrogens is 424 g/mol. The molecule has 8 nitrogen and oxygen atoms in total. The lowest BCUT2D eigenvalue weighted by molar-refractivity contribution is -0.399. The van der Waals surface area contributed by atoms with Crippen LogP contribution < -0.4 is 5.43 Å². The Balaban J connectivity index is 2.42. The second-order valence-corrected chi connectivity index (χ2v) is 10.4. The molecule has 0 aromatic heterocycles. The van der Waals surface area contributed by atoms with Crippen molar-refractivity contribution >= 4 is 17.9 Å². The second-order valence-electron chi connectivity index (χ2n) is 10.4. The molecule has 0 radical (unpaired) electrons. The molecular formula is C25H44N2O6. The highest BCUT2D eigenvalue weighted by atomic mass is 17.2. The first-order chi connectivity index (χ1) is 15.3. The fraction of sp³-hybridized carbons (Fsp3) is 0.800. The number of ether oxygens (including phenoxy) is 1. The van der Waals surface area contributed by atoms with Crippen LogP contribution in [0.1, 0.15) is 106 Å². The number of carbonyl (C=O) groups excluding carboxylic acids is 3. The maximum Gasteiger partial charge on any atom is 0.426 e. The number of hydrogen-bond acceptors (Lipinski definition) is 6. The van der Waals surface area contributed by atoms with Gasteiger partial charge in [0.05, 0.1) is 11.5 Å². The number of hydrazine groups is 1. The van der Waals surface area contributed by atoms with Gasteiger partial charge < -0.3 is 4.74 Å². The molecule has 1 aliphatic heterocycles. The zero-order valence-corrected chi connectivity index (χ0v) is 21.6. The Bertz CT molecular complexity index is 668. The van der Waals surface area contributed by atoms with Crippen LogP contribution in [0.3, 0.4) is 0 Å². The van der Waals surface area contributed by atoms with Crippen LogP contribution in [0.5, 0.6) is 0 Å². The summed E-state index contributed by atoms with van der Waals surface area (Å²) in [6.45, 7) is 13.2. The molecule has 33 heavy (non-hydrogen) atoms. The normalized spacial score (nSPS) is 18.3. The SMILES string of the molecule is CCCCCCCC/C=C/C1CC(=O)N(NC(=O)OC(C)CC(C)(C)OOC(C)(C)C)C1=O. The van der Waals surface area contributed by atoms with Crippen molar-refractivity contribution in [1.82, 2.24) is 10.4 Å². The monoisotopic (exact) mass is 468 g/mol. The van der Waals surface area contributed by atoms with Gasteiger partial charge >= 0.3 is 6.09 Å². The first-order valence-corrected chi connectivity index (χ1v) is 12.2. The molecule has 8 heteroatoms. The van der Waals surface area contributed by atoms with E-state index in [1.54, 1.807) is 13.0 Å². The van der Waals surface area contributed by atoms with E-state index in [1.807, 2.05) is 40.7 Å². The molecule has 2 atom stereocenters. The van der Waals surface area contributed by atoms with Gasteiger partial charge in [0.15, 0.2) is 0 Å². The van der Waals surface area contributed by atoms with Gasteiger partial charge in [-0.15, -0.1) is 0 Å². The van der Waals surface area contributed by atoms with Crippen LogP contribution in [0.2, 0.25) is 0 Å². The Morgan fingerprint density at radius 3 is 2.36 bits per heavy atom. The molecule has 1 N–H and O–H groups in total. The minimum absolute atomic E-state index is 0.0483. The summed E-state index contributed by atoms with van der Waals surface area (Å²) in [5, 5.41) is 0.763. The zero-order valence-electron chi connectivity index (χ0n) is 21.6. The van der Waals surface area contributed by atoms with Gasteiger partial charge in [-0.1, -0.05) is 51.2 Å². The highest BCUT2D eigenvalue weighted by Crippen LogP contribution is 2.23. The summed E-state index contributed by atoms with van der Waals surface area (Å²) in [6.07, 6.45) is 10.9. The number of allylic oxidation sites excluding steroid dienone is 1. The van der Waals surface area contributed by atoms with Crippen molar-refractivity contribution in [3.05, 3.63) is 12.2 Å². The molecule has 3 amide bonds. The third kappa shape index (κ3) is 12.2. The Morgan fingerprint density at radius 1 is 1.09 bits per heavy atom. The lowest BCUT2D eigenvalue weighted by Crippen LogP contribution is -2.47. The fourth-order valence-corrected chi connectivity index (χ4v) is 3.53. The van der Waals surface area contributed by atoms with E-state index in [0.29, 0.717) is 6.42 Å². The summed E-state index contributed by atoms with van der Waals surface area (Å²) in [6, 6.07) is 0. The second kappa shape index (κ2) is 13.7. The first kappa shape index (κ1) is 29.1. The van der Waals surface area contributed by atoms with Crippen LogP contribution in [0.4, 0.5) is 4.79 Å². The summed E-state index contributed by atoms with van der Waals surface area (Å²) < 4.78 is 5.32. The lowest BCUT2D eigenvalue weighted by atomic mass is 10.0. The minimum atomic E-state index is -0.853. The fourth-order valence-electron chi connectivity index (χ4n) is 3.53. The van der Waals surface area contributed by atoms with Crippen molar-refractivity contribution in [3.8, 4) is 0 Å². The molecule has 1 fully saturated rings. The van der Waals surface area contributed by atoms with Gasteiger partial charge in [-0.3, -0.25) is 9.59 Å². The van der Waals surface area contributed by atoms with Gasteiger partial charge in [-0.05, 0) is 54.4 Å². The molecule has 2 unspecified atom stereocenters. The van der Waals surface area contributed by atoms with Gasteiger partial charge in [0.2, 0.25) is 5.91 Å². The van der Waals surface area contributed by atoms with Crippen molar-refractivity contribution in [2.45, 2.75) is 124 Å². The van der Waals surface area contributed by atoms with E-state index in [0.717, 1.165) is 17.9 Å². The molecule has 0 aromatic rings. The lowest BCUT2D eigenvalue weighted by Gasteiger charge is -2.30. The summed E-state index contributed by atoms with van der Waals surface area (Å²) in [4.78, 5) is 47.8. The number of imide groups is 1. The molecule has 0 aliphatic carbocycles. The van der Waals surface area contributed by atoms with Crippen molar-refractivity contribution in [2.24, 2.45) is 5.92 Å². The summed E-state index contributed by atoms with van der Waals surface area (Å²) in [5.41, 5.74) is 1.12. The Morgan fingerprint density at radius 2 is 1.73 bits per heavy atom. The van der Waals surface area contributed by atoms with E-state index in [2.05, 4.69) is 12.3 Å². The number of nitrogens with one attached hydrogen (secondary N) is 1. The van der Waals surface area contributed by atoms with E-state index in [1.165, 1.54) is 32.1 Å². The number of nitrogens with zero attached hydrogens (tertiary/aromatic N) is 1. The summed E-state index contributed by atoms with van der Waals surface area (Å²) >= 11 is 0. The number of carbonyl (C=O) groups is 3. The molecule has 1 saturated heterocycles. The Kier molecular flexibility index (Phi) is 12.1. The number of amides is 3. The molecule has 0 aromatic carbocycles. The maximum atomic E-state index is 12.5. The number of hydrogen-bond donors (Lipinski definition) is 1. The topological polar surface area (TPSA) is 94.2 Å². The average molecular weight is 469 g/mol. The van der Waals surface area contributed by atoms with Crippen molar-refractivity contribution in [2.75, 3.05) is 0 Å². The third-order valence-corrected chi connectivity index (χ3v) is 5.08. The van der Waals surface area contributed by atoms with E-state index in [-0.39, 0.29) is 6.42 Å². The summed E-state index contributed by atoms with van der Waals surface area (Å²) in [7, 11) is 0. The van der Waals surface area contributed by atoms with Crippen LogP contribution in [0, 0.1) is 5.92 Å². The van der Waals surface area contributed by atoms with E-state index < -0.39 is 41.1 Å². The van der Waals surface area contributed by atoms with E-state index >= 15 is 0 Å². The van der Waals surface area contributed by atoms with Gasteiger partial charge in [0.25, 0.3) is 5.91 Å². The highest BCUT2D eigenvalue weighted by molar-refractivity contribution is 6.05. The third-order valence-electron chi connectivity index (χ3n) is 5.08. The predicted molar refractivity (Wildman–Crippen MR) is 127 cm³/mol. The molecule has 190 valence electrons. The molecule has 0 bridgehead atoms. The summed E-state index contributed by atoms with van der Waals surface area (Å²) in [5.74, 6) is -1.43. The van der Waals surface area contributed by atoms with Crippen LogP contribution in [-0.2, 0) is 24.1 Å². The molecule has 1 rings (SSSR count). The number of unbranched alkanes of at least 4 members (excludes halogenated alkanes) is 6. The first-order valence-electron chi connectivity index (χ1n) is 12.2. The van der Waals surface area contributed by atoms with Gasteiger partial charge in [-0.25, -0.2) is 20.0 Å². The van der Waals surface area contributed by atoms with Crippen molar-refractivity contribution in [3.63, 3.8) is 0 Å². The Hall–Kier alpha value is -1.93. The van der Waals surface area contributed by atoms with Crippen LogP contribution >= 0.6 is 0 Å². The standard InChI is InChI=1S/C25H44N2O6/c1-8-9-10-11-12-13-14-15-16-20-17-21(28)27(22(20)29)26-23(30)31-19(2)18-25(6,7)33-32-24(3,4)5/h15-16,19-20H,8-14,17-18H2,1-7H3,(H,26,30)/b16-15+. The number of rotatable bonds is 14. The van der Waals surface area contributed by atoms with Crippen molar-refractivity contribution < 1.29 is 28.9 Å². The highest BCUT2D eigenvalue weighted by Gasteiger charge is 2.39. The molecule has 1 heterocycles. The molecule has 0 saturated carbocycles. The largest absolute Gasteiger partial charge is 0.445 e. The quantitative estimate of drug-likeness (QED) is 0.117. The van der Waals surface area contributed by atoms with Crippen molar-refractivity contribution in [1.29, 1.82) is 0 Å². The van der Waals surface area contributed by atoms with E-state index in [9.17, 15) is 14.4 Å². The zero-order chi connectivity index (χ0) is 25.1. The van der Waals surface area contributed by atoms with Crippen LogP contribution in [0.25, 0.3) is 0 Å². The van der Waals surface area contributed by atoms with Gasteiger partial charge in [0.1, 0.15) is 11.7 Å². The predicted octanol–water partition coefficient (Wildman–Crippen LogP) is 5.61. The van der Waals surface area contributed by atoms with Crippen LogP contribution in [0.15, 0.2) is 12.2 Å². The smallest absolute Gasteiger partial charge is 0.426 e. The average Bonchev–Trinajstić information content (AvgIpc) is 2.95. The minimum Gasteiger partial charge on any atom is -0.445 e. The van der Waals surface area contributed by atoms with Gasteiger partial charge in [-0.2, -0.15) is 5.01 Å². The molecule has 1 aliphatic rings. The Labute approximate surface area is 199 Å². The maximum absolute atomic E-state index is 12.5.